The Morgan fingerprint density at radius 3 is 2.86 bits per heavy atom. The number of nitrogens with zero attached hydrogens (tertiary/aromatic N) is 1. The average molecular weight is 287 g/mol. The van der Waals surface area contributed by atoms with Crippen LogP contribution in [0.5, 0.6) is 0 Å². The molecule has 1 amide bonds. The van der Waals surface area contributed by atoms with Gasteiger partial charge >= 0.3 is 0 Å². The third kappa shape index (κ3) is 2.96. The summed E-state index contributed by atoms with van der Waals surface area (Å²) in [5.41, 5.74) is 0.623. The highest BCUT2D eigenvalue weighted by molar-refractivity contribution is 5.97. The number of rotatable bonds is 3. The molecule has 3 rings (SSSR count). The largest absolute Gasteiger partial charge is 0.379 e. The van der Waals surface area contributed by atoms with Crippen molar-refractivity contribution in [1.82, 2.24) is 15.2 Å². The fourth-order valence-electron chi connectivity index (χ4n) is 2.37. The van der Waals surface area contributed by atoms with Crippen LogP contribution < -0.4 is 10.7 Å². The molecular formula is C15H17N3O3. The van der Waals surface area contributed by atoms with Gasteiger partial charge < -0.3 is 15.0 Å². The number of para-hydroxylation sites is 1. The van der Waals surface area contributed by atoms with Gasteiger partial charge in [0.1, 0.15) is 5.56 Å². The number of carbonyl (C=O) groups excluding carboxylic acids is 1. The van der Waals surface area contributed by atoms with Crippen LogP contribution in [-0.4, -0.2) is 48.8 Å². The quantitative estimate of drug-likeness (QED) is 0.864. The topological polar surface area (TPSA) is 74.4 Å². The fraction of sp³-hybridized carbons (Fsp3) is 0.333. The van der Waals surface area contributed by atoms with Crippen molar-refractivity contribution in [1.29, 1.82) is 0 Å². The fourth-order valence-corrected chi connectivity index (χ4v) is 2.37. The highest BCUT2D eigenvalue weighted by Crippen LogP contribution is 2.07. The van der Waals surface area contributed by atoms with Gasteiger partial charge in [0, 0.05) is 30.2 Å². The van der Waals surface area contributed by atoms with E-state index in [1.807, 2.05) is 12.1 Å². The number of aromatic nitrogens is 1. The van der Waals surface area contributed by atoms with Crippen molar-refractivity contribution in [2.24, 2.45) is 0 Å². The van der Waals surface area contributed by atoms with Crippen LogP contribution in [0.15, 0.2) is 35.3 Å². The molecule has 0 unspecified atom stereocenters. The molecule has 0 bridgehead atoms. The van der Waals surface area contributed by atoms with E-state index in [-0.39, 0.29) is 16.9 Å². The molecule has 1 aromatic heterocycles. The number of H-pyrrole nitrogens is 1. The molecule has 6 nitrogen and oxygen atoms in total. The first-order valence-corrected chi connectivity index (χ1v) is 6.94. The van der Waals surface area contributed by atoms with Crippen LogP contribution >= 0.6 is 0 Å². The van der Waals surface area contributed by atoms with Gasteiger partial charge in [0.25, 0.3) is 5.91 Å². The second kappa shape index (κ2) is 6.07. The minimum absolute atomic E-state index is 0.141. The van der Waals surface area contributed by atoms with Crippen LogP contribution in [0.4, 0.5) is 0 Å². The van der Waals surface area contributed by atoms with Crippen molar-refractivity contribution in [2.75, 3.05) is 33.0 Å². The zero-order chi connectivity index (χ0) is 14.7. The number of ether oxygens (including phenoxy) is 1. The number of benzene rings is 1. The van der Waals surface area contributed by atoms with Gasteiger partial charge in [-0.2, -0.15) is 0 Å². The number of carbonyl (C=O) groups is 1. The van der Waals surface area contributed by atoms with E-state index >= 15 is 0 Å². The number of aromatic amines is 1. The number of fused-ring (bicyclic) bond motifs is 1. The molecule has 110 valence electrons. The summed E-state index contributed by atoms with van der Waals surface area (Å²) >= 11 is 0. The smallest absolute Gasteiger partial charge is 0.257 e. The van der Waals surface area contributed by atoms with E-state index in [9.17, 15) is 9.59 Å². The lowest BCUT2D eigenvalue weighted by Gasteiger charge is -2.26. The predicted octanol–water partition coefficient (Wildman–Crippen LogP) is 0.548. The normalized spacial score (nSPS) is 16.0. The molecule has 0 atom stereocenters. The van der Waals surface area contributed by atoms with E-state index in [4.69, 9.17) is 4.74 Å². The van der Waals surface area contributed by atoms with Gasteiger partial charge in [0.15, 0.2) is 0 Å². The summed E-state index contributed by atoms with van der Waals surface area (Å²) in [4.78, 5) is 29.5. The first kappa shape index (κ1) is 13.8. The maximum Gasteiger partial charge on any atom is 0.257 e. The second-order valence-corrected chi connectivity index (χ2v) is 4.97. The van der Waals surface area contributed by atoms with Gasteiger partial charge in [-0.05, 0) is 12.1 Å². The summed E-state index contributed by atoms with van der Waals surface area (Å²) in [7, 11) is 0. The van der Waals surface area contributed by atoms with Crippen LogP contribution in [0.25, 0.3) is 10.9 Å². The molecule has 2 aromatic rings. The molecule has 2 N–H and O–H groups in total. The van der Waals surface area contributed by atoms with Gasteiger partial charge in [0.2, 0.25) is 5.43 Å². The lowest BCUT2D eigenvalue weighted by atomic mass is 10.1. The monoisotopic (exact) mass is 287 g/mol. The van der Waals surface area contributed by atoms with Crippen molar-refractivity contribution in [3.05, 3.63) is 46.2 Å². The summed E-state index contributed by atoms with van der Waals surface area (Å²) in [5, 5.41) is 3.31. The molecule has 0 spiro atoms. The van der Waals surface area contributed by atoms with E-state index in [1.165, 1.54) is 6.20 Å². The Bertz CT molecular complexity index is 705. The minimum atomic E-state index is -0.353. The summed E-state index contributed by atoms with van der Waals surface area (Å²) in [6.07, 6.45) is 1.47. The molecule has 2 heterocycles. The highest BCUT2D eigenvalue weighted by atomic mass is 16.5. The van der Waals surface area contributed by atoms with Gasteiger partial charge in [-0.3, -0.25) is 14.5 Å². The highest BCUT2D eigenvalue weighted by Gasteiger charge is 2.15. The Kier molecular flexibility index (Phi) is 3.98. The number of morpholine rings is 1. The Labute approximate surface area is 121 Å². The standard InChI is InChI=1S/C15H17N3O3/c19-14-11-3-1-2-4-13(11)16-9-12(14)15(20)17-10-18-5-7-21-8-6-18/h1-4,9H,5-8,10H2,(H,16,19)(H,17,20). The molecule has 21 heavy (non-hydrogen) atoms. The minimum Gasteiger partial charge on any atom is -0.379 e. The Morgan fingerprint density at radius 1 is 1.29 bits per heavy atom. The molecule has 0 radical (unpaired) electrons. The molecule has 1 fully saturated rings. The van der Waals surface area contributed by atoms with E-state index in [2.05, 4.69) is 15.2 Å². The first-order valence-electron chi connectivity index (χ1n) is 6.94. The number of hydrogen-bond donors (Lipinski definition) is 2. The van der Waals surface area contributed by atoms with Crippen LogP contribution in [0, 0.1) is 0 Å². The number of pyridine rings is 1. The zero-order valence-electron chi connectivity index (χ0n) is 11.6. The summed E-state index contributed by atoms with van der Waals surface area (Å²) in [5.74, 6) is -0.353. The van der Waals surface area contributed by atoms with Crippen LogP contribution in [0.3, 0.4) is 0 Å². The lowest BCUT2D eigenvalue weighted by Crippen LogP contribution is -2.44. The second-order valence-electron chi connectivity index (χ2n) is 4.97. The molecule has 6 heteroatoms. The van der Waals surface area contributed by atoms with E-state index < -0.39 is 0 Å². The predicted molar refractivity (Wildman–Crippen MR) is 79.3 cm³/mol. The summed E-state index contributed by atoms with van der Waals surface area (Å²) in [6, 6.07) is 7.16. The van der Waals surface area contributed by atoms with Gasteiger partial charge in [-0.25, -0.2) is 0 Å². The molecule has 1 aliphatic heterocycles. The van der Waals surface area contributed by atoms with E-state index in [0.717, 1.165) is 18.6 Å². The van der Waals surface area contributed by atoms with Crippen molar-refractivity contribution in [3.8, 4) is 0 Å². The maximum absolute atomic E-state index is 12.3. The van der Waals surface area contributed by atoms with Gasteiger partial charge in [-0.1, -0.05) is 12.1 Å². The third-order valence-electron chi connectivity index (χ3n) is 3.60. The lowest BCUT2D eigenvalue weighted by molar-refractivity contribution is 0.0334. The zero-order valence-corrected chi connectivity index (χ0v) is 11.6. The Hall–Kier alpha value is -2.18. The summed E-state index contributed by atoms with van der Waals surface area (Å²) < 4.78 is 5.25. The number of nitrogens with one attached hydrogen (secondary N) is 2. The summed E-state index contributed by atoms with van der Waals surface area (Å²) in [6.45, 7) is 3.34. The van der Waals surface area contributed by atoms with Gasteiger partial charge in [0.05, 0.1) is 19.9 Å². The SMILES string of the molecule is O=C(NCN1CCOCC1)c1c[nH]c2ccccc2c1=O. The molecule has 1 aliphatic rings. The van der Waals surface area contributed by atoms with Crippen molar-refractivity contribution in [3.63, 3.8) is 0 Å². The molecular weight excluding hydrogens is 270 g/mol. The van der Waals surface area contributed by atoms with Crippen LogP contribution in [0.2, 0.25) is 0 Å². The Morgan fingerprint density at radius 2 is 2.05 bits per heavy atom. The Balaban J connectivity index is 1.75. The van der Waals surface area contributed by atoms with Crippen LogP contribution in [-0.2, 0) is 4.74 Å². The molecule has 0 aliphatic carbocycles. The van der Waals surface area contributed by atoms with Crippen molar-refractivity contribution < 1.29 is 9.53 Å². The van der Waals surface area contributed by atoms with Crippen LogP contribution in [0.1, 0.15) is 10.4 Å². The van der Waals surface area contributed by atoms with E-state index in [0.29, 0.717) is 25.3 Å². The number of hydrogen-bond acceptors (Lipinski definition) is 4. The van der Waals surface area contributed by atoms with Crippen molar-refractivity contribution >= 4 is 16.8 Å². The van der Waals surface area contributed by atoms with Crippen molar-refractivity contribution in [2.45, 2.75) is 0 Å². The molecule has 1 aromatic carbocycles. The third-order valence-corrected chi connectivity index (χ3v) is 3.60. The van der Waals surface area contributed by atoms with Gasteiger partial charge in [-0.15, -0.1) is 0 Å². The average Bonchev–Trinajstić information content (AvgIpc) is 2.54. The van der Waals surface area contributed by atoms with E-state index in [1.54, 1.807) is 12.1 Å². The number of amides is 1. The first-order chi connectivity index (χ1) is 10.3. The molecule has 0 saturated carbocycles. The molecule has 1 saturated heterocycles. The maximum atomic E-state index is 12.3.